The molecule has 0 heterocycles. The van der Waals surface area contributed by atoms with E-state index < -0.39 is 0 Å². The van der Waals surface area contributed by atoms with Gasteiger partial charge in [-0.25, -0.2) is 0 Å². The first-order chi connectivity index (χ1) is 8.60. The van der Waals surface area contributed by atoms with Crippen LogP contribution in [0.15, 0.2) is 36.4 Å². The molecular formula is C16H18O2. The number of aromatic hydroxyl groups is 1. The van der Waals surface area contributed by atoms with Gasteiger partial charge in [-0.3, -0.25) is 0 Å². The van der Waals surface area contributed by atoms with Crippen molar-refractivity contribution in [1.29, 1.82) is 0 Å². The highest BCUT2D eigenvalue weighted by Crippen LogP contribution is 2.30. The third-order valence-corrected chi connectivity index (χ3v) is 2.88. The Morgan fingerprint density at radius 3 is 2.44 bits per heavy atom. The number of hydrogen-bond donors (Lipinski definition) is 1. The van der Waals surface area contributed by atoms with Gasteiger partial charge in [-0.1, -0.05) is 12.1 Å². The van der Waals surface area contributed by atoms with Gasteiger partial charge in [-0.05, 0) is 67.3 Å². The van der Waals surface area contributed by atoms with Gasteiger partial charge < -0.3 is 9.84 Å². The lowest BCUT2D eigenvalue weighted by Crippen LogP contribution is -1.92. The van der Waals surface area contributed by atoms with E-state index in [0.29, 0.717) is 12.4 Å². The monoisotopic (exact) mass is 242 g/mol. The highest BCUT2D eigenvalue weighted by molar-refractivity contribution is 5.70. The summed E-state index contributed by atoms with van der Waals surface area (Å²) >= 11 is 0. The van der Waals surface area contributed by atoms with Gasteiger partial charge in [0.15, 0.2) is 0 Å². The standard InChI is InChI=1S/C16H18O2/c1-4-18-15-5-6-16(12(3)9-15)13-7-11(2)8-14(17)10-13/h5-10,17H,4H2,1-3H3. The fourth-order valence-electron chi connectivity index (χ4n) is 2.13. The number of rotatable bonds is 3. The van der Waals surface area contributed by atoms with E-state index in [9.17, 15) is 5.11 Å². The molecule has 2 heteroatoms. The smallest absolute Gasteiger partial charge is 0.119 e. The van der Waals surface area contributed by atoms with Crippen LogP contribution in [0, 0.1) is 13.8 Å². The molecule has 0 amide bonds. The third kappa shape index (κ3) is 2.65. The fourth-order valence-corrected chi connectivity index (χ4v) is 2.13. The molecule has 0 radical (unpaired) electrons. The lowest BCUT2D eigenvalue weighted by atomic mass is 9.98. The first-order valence-corrected chi connectivity index (χ1v) is 6.14. The van der Waals surface area contributed by atoms with Crippen molar-refractivity contribution in [1.82, 2.24) is 0 Å². The van der Waals surface area contributed by atoms with Crippen LogP contribution >= 0.6 is 0 Å². The highest BCUT2D eigenvalue weighted by Gasteiger charge is 2.05. The molecule has 0 saturated carbocycles. The Morgan fingerprint density at radius 2 is 1.83 bits per heavy atom. The van der Waals surface area contributed by atoms with Gasteiger partial charge in [0.05, 0.1) is 6.61 Å². The Bertz CT molecular complexity index is 539. The molecule has 0 saturated heterocycles. The molecule has 0 unspecified atom stereocenters. The van der Waals surface area contributed by atoms with Crippen molar-refractivity contribution >= 4 is 0 Å². The van der Waals surface area contributed by atoms with E-state index in [1.807, 2.05) is 32.0 Å². The Morgan fingerprint density at radius 1 is 1.06 bits per heavy atom. The van der Waals surface area contributed by atoms with Gasteiger partial charge >= 0.3 is 0 Å². The van der Waals surface area contributed by atoms with Crippen LogP contribution in [0.2, 0.25) is 0 Å². The summed E-state index contributed by atoms with van der Waals surface area (Å²) in [6, 6.07) is 11.6. The number of phenolic OH excluding ortho intramolecular Hbond substituents is 1. The number of hydrogen-bond acceptors (Lipinski definition) is 2. The summed E-state index contributed by atoms with van der Waals surface area (Å²) in [6.07, 6.45) is 0. The van der Waals surface area contributed by atoms with E-state index in [1.54, 1.807) is 12.1 Å². The van der Waals surface area contributed by atoms with Crippen LogP contribution in [-0.2, 0) is 0 Å². The van der Waals surface area contributed by atoms with E-state index in [2.05, 4.69) is 13.0 Å². The van der Waals surface area contributed by atoms with Gasteiger partial charge in [-0.15, -0.1) is 0 Å². The van der Waals surface area contributed by atoms with Crippen molar-refractivity contribution in [2.45, 2.75) is 20.8 Å². The maximum Gasteiger partial charge on any atom is 0.119 e. The van der Waals surface area contributed by atoms with Crippen molar-refractivity contribution < 1.29 is 9.84 Å². The number of aryl methyl sites for hydroxylation is 2. The van der Waals surface area contributed by atoms with E-state index >= 15 is 0 Å². The fraction of sp³-hybridized carbons (Fsp3) is 0.250. The molecule has 0 aliphatic rings. The third-order valence-electron chi connectivity index (χ3n) is 2.88. The molecule has 18 heavy (non-hydrogen) atoms. The molecule has 0 bridgehead atoms. The van der Waals surface area contributed by atoms with Gasteiger partial charge in [-0.2, -0.15) is 0 Å². The molecule has 2 aromatic rings. The minimum atomic E-state index is 0.304. The first kappa shape index (κ1) is 12.5. The number of benzene rings is 2. The molecule has 94 valence electrons. The molecule has 0 aliphatic heterocycles. The molecule has 0 aliphatic carbocycles. The van der Waals surface area contributed by atoms with E-state index in [4.69, 9.17) is 4.74 Å². The van der Waals surface area contributed by atoms with Crippen molar-refractivity contribution in [2.75, 3.05) is 6.61 Å². The molecule has 0 spiro atoms. The zero-order chi connectivity index (χ0) is 13.1. The average Bonchev–Trinajstić information content (AvgIpc) is 2.28. The van der Waals surface area contributed by atoms with Crippen LogP contribution in [0.25, 0.3) is 11.1 Å². The molecule has 0 aromatic heterocycles. The Hall–Kier alpha value is -1.96. The normalized spacial score (nSPS) is 10.4. The molecular weight excluding hydrogens is 224 g/mol. The van der Waals surface area contributed by atoms with Crippen molar-refractivity contribution in [3.63, 3.8) is 0 Å². The van der Waals surface area contributed by atoms with Crippen LogP contribution in [0.4, 0.5) is 0 Å². The summed E-state index contributed by atoms with van der Waals surface area (Å²) in [5.74, 6) is 1.19. The SMILES string of the molecule is CCOc1ccc(-c2cc(C)cc(O)c2)c(C)c1. The second kappa shape index (κ2) is 5.13. The zero-order valence-electron chi connectivity index (χ0n) is 11.0. The number of ether oxygens (including phenoxy) is 1. The molecule has 0 fully saturated rings. The minimum Gasteiger partial charge on any atom is -0.508 e. The quantitative estimate of drug-likeness (QED) is 0.879. The summed E-state index contributed by atoms with van der Waals surface area (Å²) in [6.45, 7) is 6.68. The molecule has 2 aromatic carbocycles. The number of phenols is 1. The topological polar surface area (TPSA) is 29.5 Å². The average molecular weight is 242 g/mol. The molecule has 0 atom stereocenters. The predicted molar refractivity (Wildman–Crippen MR) is 74.2 cm³/mol. The molecule has 2 rings (SSSR count). The Kier molecular flexibility index (Phi) is 3.56. The van der Waals surface area contributed by atoms with Crippen molar-refractivity contribution in [2.24, 2.45) is 0 Å². The van der Waals surface area contributed by atoms with Gasteiger partial charge in [0.2, 0.25) is 0 Å². The maximum absolute atomic E-state index is 9.66. The molecule has 1 N–H and O–H groups in total. The van der Waals surface area contributed by atoms with Crippen LogP contribution in [-0.4, -0.2) is 11.7 Å². The van der Waals surface area contributed by atoms with Gasteiger partial charge in [0.1, 0.15) is 11.5 Å². The van der Waals surface area contributed by atoms with Crippen LogP contribution in [0.5, 0.6) is 11.5 Å². The van der Waals surface area contributed by atoms with E-state index in [-0.39, 0.29) is 0 Å². The largest absolute Gasteiger partial charge is 0.508 e. The van der Waals surface area contributed by atoms with Gasteiger partial charge in [0.25, 0.3) is 0 Å². The summed E-state index contributed by atoms with van der Waals surface area (Å²) in [5.41, 5.74) is 4.36. The Balaban J connectivity index is 2.44. The maximum atomic E-state index is 9.66. The van der Waals surface area contributed by atoms with E-state index in [0.717, 1.165) is 28.0 Å². The second-order valence-corrected chi connectivity index (χ2v) is 4.47. The summed E-state index contributed by atoms with van der Waals surface area (Å²) < 4.78 is 5.48. The second-order valence-electron chi connectivity index (χ2n) is 4.47. The van der Waals surface area contributed by atoms with Gasteiger partial charge in [0, 0.05) is 0 Å². The van der Waals surface area contributed by atoms with Crippen molar-refractivity contribution in [3.05, 3.63) is 47.5 Å². The predicted octanol–water partition coefficient (Wildman–Crippen LogP) is 4.07. The van der Waals surface area contributed by atoms with Crippen LogP contribution in [0.1, 0.15) is 18.1 Å². The lowest BCUT2D eigenvalue weighted by Gasteiger charge is -2.10. The van der Waals surface area contributed by atoms with E-state index in [1.165, 1.54) is 0 Å². The van der Waals surface area contributed by atoms with Crippen LogP contribution < -0.4 is 4.74 Å². The highest BCUT2D eigenvalue weighted by atomic mass is 16.5. The minimum absolute atomic E-state index is 0.304. The lowest BCUT2D eigenvalue weighted by molar-refractivity contribution is 0.340. The molecule has 2 nitrogen and oxygen atoms in total. The van der Waals surface area contributed by atoms with Crippen molar-refractivity contribution in [3.8, 4) is 22.6 Å². The first-order valence-electron chi connectivity index (χ1n) is 6.14. The Labute approximate surface area is 108 Å². The summed E-state index contributed by atoms with van der Waals surface area (Å²) in [5, 5.41) is 9.66. The van der Waals surface area contributed by atoms with Crippen LogP contribution in [0.3, 0.4) is 0 Å². The summed E-state index contributed by atoms with van der Waals surface area (Å²) in [7, 11) is 0. The zero-order valence-corrected chi connectivity index (χ0v) is 11.0. The summed E-state index contributed by atoms with van der Waals surface area (Å²) in [4.78, 5) is 0.